The van der Waals surface area contributed by atoms with Crippen molar-refractivity contribution in [3.8, 4) is 5.75 Å². The van der Waals surface area contributed by atoms with Gasteiger partial charge in [0.05, 0.1) is 11.3 Å². The second kappa shape index (κ2) is 4.48. The van der Waals surface area contributed by atoms with E-state index >= 15 is 0 Å². The highest BCUT2D eigenvalue weighted by Gasteiger charge is 2.06. The number of carboxylic acid groups (broad SMARTS) is 1. The van der Waals surface area contributed by atoms with E-state index in [0.717, 1.165) is 0 Å². The van der Waals surface area contributed by atoms with Crippen LogP contribution in [0.25, 0.3) is 0 Å². The third-order valence-electron chi connectivity index (χ3n) is 1.59. The van der Waals surface area contributed by atoms with Gasteiger partial charge in [-0.05, 0) is 18.2 Å². The summed E-state index contributed by atoms with van der Waals surface area (Å²) in [6, 6.07) is 4.26. The standard InChI is InChI=1S/C9H11NO4/c1-13-5-14-8-3-2-6(9(11)12)4-7(8)10/h2-4H,5,10H2,1H3,(H,11,12). The molecule has 0 saturated carbocycles. The Morgan fingerprint density at radius 1 is 1.57 bits per heavy atom. The zero-order valence-corrected chi connectivity index (χ0v) is 7.69. The fourth-order valence-corrected chi connectivity index (χ4v) is 0.935. The fraction of sp³-hybridized carbons (Fsp3) is 0.222. The first kappa shape index (κ1) is 10.3. The number of hydrogen-bond acceptors (Lipinski definition) is 4. The van der Waals surface area contributed by atoms with Crippen molar-refractivity contribution in [2.24, 2.45) is 0 Å². The molecule has 0 atom stereocenters. The third kappa shape index (κ3) is 2.37. The molecule has 0 aliphatic heterocycles. The van der Waals surface area contributed by atoms with E-state index in [1.807, 2.05) is 0 Å². The van der Waals surface area contributed by atoms with Gasteiger partial charge in [-0.3, -0.25) is 0 Å². The number of ether oxygens (including phenoxy) is 2. The van der Waals surface area contributed by atoms with Gasteiger partial charge in [-0.1, -0.05) is 0 Å². The predicted molar refractivity (Wildman–Crippen MR) is 50.3 cm³/mol. The van der Waals surface area contributed by atoms with Gasteiger partial charge in [0, 0.05) is 7.11 Å². The number of carboxylic acids is 1. The number of rotatable bonds is 4. The molecule has 0 fully saturated rings. The normalized spacial score (nSPS) is 9.79. The van der Waals surface area contributed by atoms with Gasteiger partial charge in [0.1, 0.15) is 5.75 Å². The van der Waals surface area contributed by atoms with Crippen LogP contribution in [0.3, 0.4) is 0 Å². The van der Waals surface area contributed by atoms with Crippen LogP contribution in [-0.4, -0.2) is 25.0 Å². The SMILES string of the molecule is COCOc1ccc(C(=O)O)cc1N. The molecule has 76 valence electrons. The first-order chi connectivity index (χ1) is 6.65. The van der Waals surface area contributed by atoms with E-state index < -0.39 is 5.97 Å². The van der Waals surface area contributed by atoms with Crippen molar-refractivity contribution in [2.75, 3.05) is 19.6 Å². The second-order valence-electron chi connectivity index (χ2n) is 2.61. The van der Waals surface area contributed by atoms with Crippen molar-refractivity contribution in [3.63, 3.8) is 0 Å². The Bertz CT molecular complexity index is 338. The third-order valence-corrected chi connectivity index (χ3v) is 1.59. The summed E-state index contributed by atoms with van der Waals surface area (Å²) < 4.78 is 9.76. The van der Waals surface area contributed by atoms with Crippen LogP contribution in [0, 0.1) is 0 Å². The topological polar surface area (TPSA) is 81.8 Å². The number of aromatic carboxylic acids is 1. The van der Waals surface area contributed by atoms with E-state index in [0.29, 0.717) is 5.75 Å². The lowest BCUT2D eigenvalue weighted by Gasteiger charge is -2.07. The number of nitrogens with two attached hydrogens (primary N) is 1. The average Bonchev–Trinajstić information content (AvgIpc) is 2.15. The molecule has 14 heavy (non-hydrogen) atoms. The molecule has 0 aromatic heterocycles. The monoisotopic (exact) mass is 197 g/mol. The molecule has 0 aliphatic rings. The quantitative estimate of drug-likeness (QED) is 0.554. The maximum absolute atomic E-state index is 10.6. The highest BCUT2D eigenvalue weighted by Crippen LogP contribution is 2.22. The molecule has 1 aromatic rings. The van der Waals surface area contributed by atoms with Crippen LogP contribution in [0.1, 0.15) is 10.4 Å². The van der Waals surface area contributed by atoms with Crippen molar-refractivity contribution in [3.05, 3.63) is 23.8 Å². The first-order valence-corrected chi connectivity index (χ1v) is 3.89. The van der Waals surface area contributed by atoms with E-state index in [-0.39, 0.29) is 18.0 Å². The molecule has 0 spiro atoms. The van der Waals surface area contributed by atoms with Crippen molar-refractivity contribution in [1.82, 2.24) is 0 Å². The molecule has 0 radical (unpaired) electrons. The highest BCUT2D eigenvalue weighted by atomic mass is 16.7. The van der Waals surface area contributed by atoms with E-state index in [9.17, 15) is 4.79 Å². The Morgan fingerprint density at radius 2 is 2.29 bits per heavy atom. The van der Waals surface area contributed by atoms with Gasteiger partial charge in [0.15, 0.2) is 6.79 Å². The molecule has 0 saturated heterocycles. The van der Waals surface area contributed by atoms with Crippen LogP contribution in [0.15, 0.2) is 18.2 Å². The molecule has 1 aromatic carbocycles. The van der Waals surface area contributed by atoms with Gasteiger partial charge >= 0.3 is 5.97 Å². The van der Waals surface area contributed by atoms with Crippen LogP contribution < -0.4 is 10.5 Å². The Hall–Kier alpha value is -1.75. The summed E-state index contributed by atoms with van der Waals surface area (Å²) in [5, 5.41) is 8.66. The Kier molecular flexibility index (Phi) is 3.30. The van der Waals surface area contributed by atoms with Gasteiger partial charge < -0.3 is 20.3 Å². The summed E-state index contributed by atoms with van der Waals surface area (Å²) in [4.78, 5) is 10.6. The molecule has 0 aliphatic carbocycles. The number of anilines is 1. The number of benzene rings is 1. The molecule has 1 rings (SSSR count). The van der Waals surface area contributed by atoms with Gasteiger partial charge in [-0.15, -0.1) is 0 Å². The van der Waals surface area contributed by atoms with Gasteiger partial charge in [-0.2, -0.15) is 0 Å². The molecular weight excluding hydrogens is 186 g/mol. The molecule has 5 nitrogen and oxygen atoms in total. The fourth-order valence-electron chi connectivity index (χ4n) is 0.935. The molecule has 0 heterocycles. The molecule has 0 amide bonds. The van der Waals surface area contributed by atoms with Crippen molar-refractivity contribution in [2.45, 2.75) is 0 Å². The van der Waals surface area contributed by atoms with Gasteiger partial charge in [0.2, 0.25) is 0 Å². The minimum Gasteiger partial charge on any atom is -0.478 e. The van der Waals surface area contributed by atoms with Gasteiger partial charge in [0.25, 0.3) is 0 Å². The van der Waals surface area contributed by atoms with Crippen LogP contribution in [0.5, 0.6) is 5.75 Å². The second-order valence-corrected chi connectivity index (χ2v) is 2.61. The zero-order valence-electron chi connectivity index (χ0n) is 7.69. The minimum absolute atomic E-state index is 0.0800. The molecule has 0 bridgehead atoms. The largest absolute Gasteiger partial charge is 0.478 e. The maximum Gasteiger partial charge on any atom is 0.335 e. The maximum atomic E-state index is 10.6. The van der Waals surface area contributed by atoms with E-state index in [2.05, 4.69) is 4.74 Å². The molecule has 5 heteroatoms. The van der Waals surface area contributed by atoms with Crippen molar-refractivity contribution >= 4 is 11.7 Å². The Morgan fingerprint density at radius 3 is 2.79 bits per heavy atom. The smallest absolute Gasteiger partial charge is 0.335 e. The van der Waals surface area contributed by atoms with Crippen LogP contribution >= 0.6 is 0 Å². The summed E-state index contributed by atoms with van der Waals surface area (Å²) >= 11 is 0. The lowest BCUT2D eigenvalue weighted by molar-refractivity contribution is 0.0516. The summed E-state index contributed by atoms with van der Waals surface area (Å²) in [5.74, 6) is -0.605. The number of carbonyl (C=O) groups is 1. The Labute approximate surface area is 81.0 Å². The van der Waals surface area contributed by atoms with Crippen molar-refractivity contribution in [1.29, 1.82) is 0 Å². The number of methoxy groups -OCH3 is 1. The Balaban J connectivity index is 2.84. The van der Waals surface area contributed by atoms with Crippen molar-refractivity contribution < 1.29 is 19.4 Å². The minimum atomic E-state index is -1.02. The van der Waals surface area contributed by atoms with Crippen LogP contribution in [0.4, 0.5) is 5.69 Å². The number of nitrogen functional groups attached to an aromatic ring is 1. The van der Waals surface area contributed by atoms with E-state index in [1.54, 1.807) is 0 Å². The molecule has 3 N–H and O–H groups in total. The molecule has 0 unspecified atom stereocenters. The van der Waals surface area contributed by atoms with Crippen LogP contribution in [-0.2, 0) is 4.74 Å². The lowest BCUT2D eigenvalue weighted by Crippen LogP contribution is -2.03. The number of hydrogen-bond donors (Lipinski definition) is 2. The summed E-state index contributed by atoms with van der Waals surface area (Å²) in [6.45, 7) is 0.0800. The van der Waals surface area contributed by atoms with Crippen LogP contribution in [0.2, 0.25) is 0 Å². The highest BCUT2D eigenvalue weighted by molar-refractivity contribution is 5.89. The lowest BCUT2D eigenvalue weighted by atomic mass is 10.2. The average molecular weight is 197 g/mol. The summed E-state index contributed by atoms with van der Waals surface area (Å²) in [5.41, 5.74) is 5.97. The van der Waals surface area contributed by atoms with E-state index in [4.69, 9.17) is 15.6 Å². The zero-order chi connectivity index (χ0) is 10.6. The summed E-state index contributed by atoms with van der Waals surface area (Å²) in [7, 11) is 1.49. The van der Waals surface area contributed by atoms with E-state index in [1.165, 1.54) is 25.3 Å². The summed E-state index contributed by atoms with van der Waals surface area (Å²) in [6.07, 6.45) is 0. The first-order valence-electron chi connectivity index (χ1n) is 3.89. The molecular formula is C9H11NO4. The predicted octanol–water partition coefficient (Wildman–Crippen LogP) is 0.950. The van der Waals surface area contributed by atoms with Gasteiger partial charge in [-0.25, -0.2) is 4.79 Å².